The SMILES string of the molecule is CC(C)n1cccc1.CC(C)n1cccn1.CC(C)n1ccnc1.CC(C)n1ccnn1.CC(C)n1cncn1.CC(C)n1cnnn1.CC(C)n1nnc2ccccc21.Cc1cn(C(C)C)cn1. The molecule has 0 unspecified atom stereocenters. The predicted octanol–water partition coefficient (Wildman–Crippen LogP) is 10.8. The van der Waals surface area contributed by atoms with Gasteiger partial charge in [-0.25, -0.2) is 24.3 Å². The molecule has 0 amide bonds. The number of aryl methyl sites for hydroxylation is 1. The first kappa shape index (κ1) is 58.0. The molecule has 8 heterocycles. The molecule has 9 aromatic rings. The first-order valence-electron chi connectivity index (χ1n) is 23.6. The second kappa shape index (κ2) is 31.8. The fraction of sp³-hybridized carbons (Fsp3) is 0.510. The van der Waals surface area contributed by atoms with Crippen LogP contribution < -0.4 is 0 Å². The molecule has 0 spiro atoms. The Balaban J connectivity index is 0.000000272. The number of rotatable bonds is 8. The predicted molar refractivity (Wildman–Crippen MR) is 274 cm³/mol. The Morgan fingerprint density at radius 3 is 1.39 bits per heavy atom. The maximum absolute atomic E-state index is 4.10. The lowest BCUT2D eigenvalue weighted by Crippen LogP contribution is -2.02. The van der Waals surface area contributed by atoms with Crippen LogP contribution in [0.2, 0.25) is 0 Å². The minimum atomic E-state index is 0.366. The summed E-state index contributed by atoms with van der Waals surface area (Å²) in [4.78, 5) is 11.8. The second-order valence-electron chi connectivity index (χ2n) is 17.9. The van der Waals surface area contributed by atoms with Crippen LogP contribution in [0.4, 0.5) is 0 Å². The quantitative estimate of drug-likeness (QED) is 0.140. The Labute approximate surface area is 409 Å². The lowest BCUT2D eigenvalue weighted by Gasteiger charge is -2.03. The monoisotopic (exact) mass is 949 g/mol. The highest BCUT2D eigenvalue weighted by Gasteiger charge is 2.05. The summed E-state index contributed by atoms with van der Waals surface area (Å²) in [6.45, 7) is 35.6. The van der Waals surface area contributed by atoms with Crippen molar-refractivity contribution in [1.82, 2.24) is 98.4 Å². The smallest absolute Gasteiger partial charge is 0.138 e. The lowest BCUT2D eigenvalue weighted by atomic mass is 10.3. The van der Waals surface area contributed by atoms with Crippen molar-refractivity contribution in [3.8, 4) is 0 Å². The van der Waals surface area contributed by atoms with E-state index < -0.39 is 0 Å². The third-order valence-electron chi connectivity index (χ3n) is 9.42. The summed E-state index contributed by atoms with van der Waals surface area (Å²) in [7, 11) is 0. The summed E-state index contributed by atoms with van der Waals surface area (Å²) in [6, 6.07) is 17.8. The van der Waals surface area contributed by atoms with Gasteiger partial charge in [-0.15, -0.1) is 15.3 Å². The molecule has 0 N–H and O–H groups in total. The Morgan fingerprint density at radius 2 is 1.06 bits per heavy atom. The minimum absolute atomic E-state index is 0.366. The fourth-order valence-electron chi connectivity index (χ4n) is 5.23. The summed E-state index contributed by atoms with van der Waals surface area (Å²) in [5.41, 5.74) is 3.16. The zero-order valence-electron chi connectivity index (χ0n) is 44.2. The van der Waals surface area contributed by atoms with E-state index in [0.29, 0.717) is 48.3 Å². The largest absolute Gasteiger partial charge is 0.352 e. The number of imidazole rings is 2. The van der Waals surface area contributed by atoms with Crippen molar-refractivity contribution >= 4 is 11.0 Å². The van der Waals surface area contributed by atoms with Gasteiger partial charge >= 0.3 is 0 Å². The maximum atomic E-state index is 4.10. The van der Waals surface area contributed by atoms with Crippen LogP contribution in [0.3, 0.4) is 0 Å². The molecule has 0 aliphatic rings. The van der Waals surface area contributed by atoms with Gasteiger partial charge in [-0.3, -0.25) is 14.0 Å². The summed E-state index contributed by atoms with van der Waals surface area (Å²) in [6.07, 6.45) is 25.8. The number of para-hydroxylation sites is 1. The molecular formula is C49H80N20. The summed E-state index contributed by atoms with van der Waals surface area (Å²) in [5.74, 6) is 0. The van der Waals surface area contributed by atoms with E-state index in [-0.39, 0.29) is 0 Å². The molecule has 376 valence electrons. The number of aromatic nitrogens is 20. The van der Waals surface area contributed by atoms with Gasteiger partial charge in [0.1, 0.15) is 24.5 Å². The fourth-order valence-corrected chi connectivity index (χ4v) is 5.23. The third kappa shape index (κ3) is 23.0. The Kier molecular flexibility index (Phi) is 26.7. The van der Waals surface area contributed by atoms with E-state index in [1.807, 2.05) is 110 Å². The molecule has 0 fully saturated rings. The number of benzene rings is 1. The molecule has 0 atom stereocenters. The molecule has 69 heavy (non-hydrogen) atoms. The Morgan fingerprint density at radius 1 is 0.420 bits per heavy atom. The standard InChI is InChI=1S/C9H11N3.C7H12N2.C7H11N.2C6H10N2.2C5H9N3.C4H8N4/c1-7(2)12-9-6-4-3-5-8(9)10-11-12;1-6(2)9-4-7(3)8-5-9;1-7(2)8-5-3-4-6-8;1-6(2)8-4-3-7-5-8;1-6(2)8-5-3-4-7-8;1-5(2)8-4-6-3-7-8;1-5(2)8-4-3-6-7-8;1-4(2)8-3-5-6-7-8/h3-7H,1-2H3;4-6H,1-3H3;3-7H,1-2H3;2*3-6H,1-2H3;2*3-5H,1-2H3;3-4H,1-2H3. The van der Waals surface area contributed by atoms with Gasteiger partial charge in [0.25, 0.3) is 0 Å². The average Bonchev–Trinajstić information content (AvgIpc) is 4.16. The molecule has 8 aromatic heterocycles. The van der Waals surface area contributed by atoms with E-state index in [1.54, 1.807) is 51.6 Å². The highest BCUT2D eigenvalue weighted by atomic mass is 15.5. The van der Waals surface area contributed by atoms with Crippen LogP contribution >= 0.6 is 0 Å². The van der Waals surface area contributed by atoms with Crippen molar-refractivity contribution in [2.24, 2.45) is 0 Å². The molecule has 0 aliphatic heterocycles. The number of fused-ring (bicyclic) bond motifs is 1. The van der Waals surface area contributed by atoms with Gasteiger partial charge in [0.2, 0.25) is 0 Å². The molecule has 20 heteroatoms. The van der Waals surface area contributed by atoms with Gasteiger partial charge in [0.05, 0.1) is 30.1 Å². The molecular weight excluding hydrogens is 869 g/mol. The zero-order chi connectivity index (χ0) is 51.3. The van der Waals surface area contributed by atoms with E-state index in [2.05, 4.69) is 184 Å². The second-order valence-corrected chi connectivity index (χ2v) is 17.9. The molecule has 0 aliphatic carbocycles. The van der Waals surface area contributed by atoms with E-state index in [4.69, 9.17) is 0 Å². The van der Waals surface area contributed by atoms with Crippen LogP contribution in [0.25, 0.3) is 11.0 Å². The molecule has 1 aromatic carbocycles. The van der Waals surface area contributed by atoms with Crippen LogP contribution in [0.5, 0.6) is 0 Å². The van der Waals surface area contributed by atoms with Crippen molar-refractivity contribution in [1.29, 1.82) is 0 Å². The van der Waals surface area contributed by atoms with Crippen molar-refractivity contribution in [2.45, 2.75) is 166 Å². The molecule has 0 radical (unpaired) electrons. The first-order chi connectivity index (χ1) is 32.8. The zero-order valence-corrected chi connectivity index (χ0v) is 44.2. The number of nitrogens with zero attached hydrogens (tertiary/aromatic N) is 20. The topological polar surface area (TPSA) is 194 Å². The van der Waals surface area contributed by atoms with E-state index in [1.165, 1.54) is 0 Å². The minimum Gasteiger partial charge on any atom is -0.352 e. The van der Waals surface area contributed by atoms with Crippen molar-refractivity contribution < 1.29 is 0 Å². The van der Waals surface area contributed by atoms with Crippen LogP contribution in [-0.4, -0.2) is 98.4 Å². The van der Waals surface area contributed by atoms with E-state index >= 15 is 0 Å². The molecule has 20 nitrogen and oxygen atoms in total. The highest BCUT2D eigenvalue weighted by molar-refractivity contribution is 5.73. The van der Waals surface area contributed by atoms with Gasteiger partial charge in [0.15, 0.2) is 0 Å². The Hall–Kier alpha value is -7.12. The molecule has 9 rings (SSSR count). The van der Waals surface area contributed by atoms with E-state index in [0.717, 1.165) is 16.7 Å². The van der Waals surface area contributed by atoms with Crippen LogP contribution in [0, 0.1) is 6.92 Å². The summed E-state index contributed by atoms with van der Waals surface area (Å²) >= 11 is 0. The summed E-state index contributed by atoms with van der Waals surface area (Å²) in [5, 5.41) is 34.1. The lowest BCUT2D eigenvalue weighted by molar-refractivity contribution is 0.514. The van der Waals surface area contributed by atoms with Crippen molar-refractivity contribution in [3.05, 3.63) is 136 Å². The molecule has 0 saturated carbocycles. The van der Waals surface area contributed by atoms with Gasteiger partial charge in [-0.2, -0.15) is 10.2 Å². The third-order valence-corrected chi connectivity index (χ3v) is 9.42. The normalized spacial score (nSPS) is 10.6. The Bertz CT molecular complexity index is 2170. The van der Waals surface area contributed by atoms with E-state index in [9.17, 15) is 0 Å². The number of tetrazole rings is 1. The highest BCUT2D eigenvalue weighted by Crippen LogP contribution is 2.14. The molecule has 0 bridgehead atoms. The number of hydrogen-bond donors (Lipinski definition) is 0. The first-order valence-corrected chi connectivity index (χ1v) is 23.6. The maximum Gasteiger partial charge on any atom is 0.138 e. The summed E-state index contributed by atoms with van der Waals surface area (Å²) < 4.78 is 15.5. The average molecular weight is 949 g/mol. The van der Waals surface area contributed by atoms with Gasteiger partial charge in [-0.05, 0) is 158 Å². The van der Waals surface area contributed by atoms with Crippen molar-refractivity contribution in [2.75, 3.05) is 0 Å². The van der Waals surface area contributed by atoms with Crippen LogP contribution in [0.1, 0.15) is 165 Å². The number of hydrogen-bond acceptors (Lipinski definition) is 12. The van der Waals surface area contributed by atoms with Crippen LogP contribution in [-0.2, 0) is 0 Å². The van der Waals surface area contributed by atoms with Crippen LogP contribution in [0.15, 0.2) is 130 Å². The van der Waals surface area contributed by atoms with Gasteiger partial charge in [0, 0.05) is 97.9 Å². The van der Waals surface area contributed by atoms with Gasteiger partial charge in [-0.1, -0.05) is 22.6 Å². The molecule has 0 saturated heterocycles. The van der Waals surface area contributed by atoms with Gasteiger partial charge < -0.3 is 13.7 Å². The van der Waals surface area contributed by atoms with Crippen molar-refractivity contribution in [3.63, 3.8) is 0 Å².